The van der Waals surface area contributed by atoms with E-state index in [2.05, 4.69) is 77.7 Å². The van der Waals surface area contributed by atoms with Gasteiger partial charge in [-0.1, -0.05) is 66.7 Å². The summed E-state index contributed by atoms with van der Waals surface area (Å²) < 4.78 is 5.07. The van der Waals surface area contributed by atoms with E-state index in [9.17, 15) is 4.79 Å². The number of likely N-dealkylation sites (tertiary alicyclic amines) is 1. The topological polar surface area (TPSA) is 32.8 Å². The van der Waals surface area contributed by atoms with Gasteiger partial charge in [-0.25, -0.2) is 4.79 Å². The summed E-state index contributed by atoms with van der Waals surface area (Å²) in [6, 6.07) is 27.9. The zero-order chi connectivity index (χ0) is 23.2. The van der Waals surface area contributed by atoms with Gasteiger partial charge in [-0.15, -0.1) is 0 Å². The minimum Gasteiger partial charge on any atom is -0.465 e. The Morgan fingerprint density at radius 1 is 0.939 bits per heavy atom. The predicted octanol–water partition coefficient (Wildman–Crippen LogP) is 5.58. The second kappa shape index (κ2) is 10.7. The Morgan fingerprint density at radius 3 is 2.03 bits per heavy atom. The highest BCUT2D eigenvalue weighted by atomic mass is 16.5. The van der Waals surface area contributed by atoms with E-state index >= 15 is 0 Å². The van der Waals surface area contributed by atoms with E-state index in [0.29, 0.717) is 17.4 Å². The molecular weight excluding hydrogens is 408 g/mol. The van der Waals surface area contributed by atoms with Crippen LogP contribution in [0.2, 0.25) is 0 Å². The van der Waals surface area contributed by atoms with Crippen molar-refractivity contribution in [1.82, 2.24) is 4.90 Å². The third-order valence-corrected chi connectivity index (χ3v) is 6.83. The molecule has 1 fully saturated rings. The molecule has 1 aliphatic heterocycles. The highest BCUT2D eigenvalue weighted by Crippen LogP contribution is 2.38. The Balaban J connectivity index is 1.49. The van der Waals surface area contributed by atoms with Gasteiger partial charge in [-0.2, -0.15) is 0 Å². The number of carbonyl (C=O) groups is 1. The molecule has 0 spiro atoms. The molecule has 0 aromatic heterocycles. The lowest BCUT2D eigenvalue weighted by Gasteiger charge is -2.37. The Labute approximate surface area is 197 Å². The maximum Gasteiger partial charge on any atom is 0.338 e. The lowest BCUT2D eigenvalue weighted by atomic mass is 9.76. The minimum atomic E-state index is -0.267. The van der Waals surface area contributed by atoms with Crippen molar-refractivity contribution in [3.05, 3.63) is 101 Å². The highest BCUT2D eigenvalue weighted by molar-refractivity contribution is 5.92. The summed E-state index contributed by atoms with van der Waals surface area (Å²) in [4.78, 5) is 16.9. The first-order chi connectivity index (χ1) is 16.1. The lowest BCUT2D eigenvalue weighted by Crippen LogP contribution is -2.35. The Kier molecular flexibility index (Phi) is 7.46. The number of rotatable bonds is 7. The van der Waals surface area contributed by atoms with Crippen molar-refractivity contribution in [3.8, 4) is 0 Å². The fourth-order valence-electron chi connectivity index (χ4n) is 5.02. The summed E-state index contributed by atoms with van der Waals surface area (Å²) in [6.07, 6.45) is 2.27. The number of hydrogen-bond acceptors (Lipinski definition) is 4. The number of hydrogen-bond donors (Lipinski definition) is 0. The molecule has 0 unspecified atom stereocenters. The van der Waals surface area contributed by atoms with Gasteiger partial charge < -0.3 is 9.64 Å². The van der Waals surface area contributed by atoms with Gasteiger partial charge in [-0.3, -0.25) is 4.90 Å². The normalized spacial score (nSPS) is 14.9. The van der Waals surface area contributed by atoms with Crippen molar-refractivity contribution in [2.24, 2.45) is 5.92 Å². The van der Waals surface area contributed by atoms with Crippen molar-refractivity contribution in [2.75, 3.05) is 39.2 Å². The standard InChI is InChI=1S/C29H34N2O2/c1-30(2)26-15-14-25(27(20-26)29(32)33-3)21-31-18-16-24(17-19-31)28(22-10-6-4-7-11-22)23-12-8-5-9-13-23/h4-15,20,24,28H,16-19,21H2,1-3H3. The third-order valence-electron chi connectivity index (χ3n) is 6.83. The van der Waals surface area contributed by atoms with E-state index in [-0.39, 0.29) is 5.97 Å². The smallest absolute Gasteiger partial charge is 0.338 e. The summed E-state index contributed by atoms with van der Waals surface area (Å²) in [5.41, 5.74) is 5.50. The summed E-state index contributed by atoms with van der Waals surface area (Å²) in [5, 5.41) is 0. The summed E-state index contributed by atoms with van der Waals surface area (Å²) in [6.45, 7) is 2.82. The van der Waals surface area contributed by atoms with Gasteiger partial charge in [0, 0.05) is 32.2 Å². The minimum absolute atomic E-state index is 0.267. The van der Waals surface area contributed by atoms with Gasteiger partial charge in [-0.05, 0) is 60.7 Å². The number of piperidine rings is 1. The van der Waals surface area contributed by atoms with Crippen molar-refractivity contribution in [3.63, 3.8) is 0 Å². The van der Waals surface area contributed by atoms with Gasteiger partial charge in [0.2, 0.25) is 0 Å². The zero-order valence-corrected chi connectivity index (χ0v) is 19.9. The molecule has 33 heavy (non-hydrogen) atoms. The predicted molar refractivity (Wildman–Crippen MR) is 135 cm³/mol. The van der Waals surface area contributed by atoms with Crippen LogP contribution < -0.4 is 4.90 Å². The summed E-state index contributed by atoms with van der Waals surface area (Å²) in [5.74, 6) is 0.749. The van der Waals surface area contributed by atoms with Crippen LogP contribution >= 0.6 is 0 Å². The molecule has 3 aromatic rings. The number of methoxy groups -OCH3 is 1. The van der Waals surface area contributed by atoms with E-state index in [0.717, 1.165) is 43.7 Å². The average Bonchev–Trinajstić information content (AvgIpc) is 2.86. The van der Waals surface area contributed by atoms with E-state index in [4.69, 9.17) is 4.74 Å². The Morgan fingerprint density at radius 2 is 1.52 bits per heavy atom. The van der Waals surface area contributed by atoms with Crippen molar-refractivity contribution < 1.29 is 9.53 Å². The number of ether oxygens (including phenoxy) is 1. The monoisotopic (exact) mass is 442 g/mol. The summed E-state index contributed by atoms with van der Waals surface area (Å²) in [7, 11) is 5.42. The molecular formula is C29H34N2O2. The first-order valence-corrected chi connectivity index (χ1v) is 11.8. The molecule has 0 radical (unpaired) electrons. The number of esters is 1. The van der Waals surface area contributed by atoms with Crippen LogP contribution in [0.1, 0.15) is 45.8 Å². The average molecular weight is 443 g/mol. The first-order valence-electron chi connectivity index (χ1n) is 11.8. The van der Waals surface area contributed by atoms with Crippen LogP contribution in [0.3, 0.4) is 0 Å². The number of anilines is 1. The van der Waals surface area contributed by atoms with E-state index in [1.54, 1.807) is 0 Å². The van der Waals surface area contributed by atoms with Crippen molar-refractivity contribution in [2.45, 2.75) is 25.3 Å². The molecule has 0 bridgehead atoms. The fourth-order valence-corrected chi connectivity index (χ4v) is 5.02. The van der Waals surface area contributed by atoms with Crippen LogP contribution in [0.15, 0.2) is 78.9 Å². The third kappa shape index (κ3) is 5.45. The molecule has 4 nitrogen and oxygen atoms in total. The molecule has 3 aromatic carbocycles. The first kappa shape index (κ1) is 23.1. The van der Waals surface area contributed by atoms with Crippen LogP contribution in [0, 0.1) is 5.92 Å². The molecule has 0 saturated carbocycles. The van der Waals surface area contributed by atoms with Gasteiger partial charge >= 0.3 is 5.97 Å². The van der Waals surface area contributed by atoms with Gasteiger partial charge in [0.05, 0.1) is 12.7 Å². The fraction of sp³-hybridized carbons (Fsp3) is 0.345. The van der Waals surface area contributed by atoms with Crippen molar-refractivity contribution >= 4 is 11.7 Å². The van der Waals surface area contributed by atoms with Crippen LogP contribution in [-0.4, -0.2) is 45.2 Å². The molecule has 0 amide bonds. The molecule has 4 heteroatoms. The van der Waals surface area contributed by atoms with Crippen LogP contribution in [-0.2, 0) is 11.3 Å². The highest BCUT2D eigenvalue weighted by Gasteiger charge is 2.29. The van der Waals surface area contributed by atoms with Crippen LogP contribution in [0.4, 0.5) is 5.69 Å². The molecule has 0 N–H and O–H groups in total. The van der Waals surface area contributed by atoms with Crippen molar-refractivity contribution in [1.29, 1.82) is 0 Å². The summed E-state index contributed by atoms with van der Waals surface area (Å²) >= 11 is 0. The zero-order valence-electron chi connectivity index (χ0n) is 19.9. The van der Waals surface area contributed by atoms with Gasteiger partial charge in [0.25, 0.3) is 0 Å². The molecule has 4 rings (SSSR count). The van der Waals surface area contributed by atoms with E-state index in [1.165, 1.54) is 18.2 Å². The Hall–Kier alpha value is -3.11. The molecule has 0 atom stereocenters. The molecule has 1 saturated heterocycles. The quantitative estimate of drug-likeness (QED) is 0.447. The largest absolute Gasteiger partial charge is 0.465 e. The second-order valence-electron chi connectivity index (χ2n) is 9.14. The maximum absolute atomic E-state index is 12.4. The Bertz CT molecular complexity index is 1000. The maximum atomic E-state index is 12.4. The van der Waals surface area contributed by atoms with Crippen LogP contribution in [0.5, 0.6) is 0 Å². The number of nitrogens with zero attached hydrogens (tertiary/aromatic N) is 2. The number of carbonyl (C=O) groups excluding carboxylic acids is 1. The van der Waals surface area contributed by atoms with Gasteiger partial charge in [0.15, 0.2) is 0 Å². The number of benzene rings is 3. The molecule has 1 heterocycles. The molecule has 0 aliphatic carbocycles. The SMILES string of the molecule is COC(=O)c1cc(N(C)C)ccc1CN1CCC(C(c2ccccc2)c2ccccc2)CC1. The van der Waals surface area contributed by atoms with E-state index in [1.807, 2.05) is 25.1 Å². The molecule has 1 aliphatic rings. The second-order valence-corrected chi connectivity index (χ2v) is 9.14. The van der Waals surface area contributed by atoms with Crippen LogP contribution in [0.25, 0.3) is 0 Å². The molecule has 172 valence electrons. The lowest BCUT2D eigenvalue weighted by molar-refractivity contribution is 0.0597. The van der Waals surface area contributed by atoms with E-state index < -0.39 is 0 Å². The van der Waals surface area contributed by atoms with Gasteiger partial charge in [0.1, 0.15) is 0 Å².